The van der Waals surface area contributed by atoms with Gasteiger partial charge in [-0.15, -0.1) is 0 Å². The Morgan fingerprint density at radius 1 is 0.839 bits per heavy atom. The zero-order valence-electron chi connectivity index (χ0n) is 16.9. The number of nitrogens with zero attached hydrogens (tertiary/aromatic N) is 1. The molecule has 8 rings (SSSR count). The summed E-state index contributed by atoms with van der Waals surface area (Å²) in [5, 5.41) is 0. The maximum atomic E-state index is 13.9. The van der Waals surface area contributed by atoms with Crippen molar-refractivity contribution in [3.8, 4) is 11.5 Å². The molecule has 2 aliphatic heterocycles. The van der Waals surface area contributed by atoms with Gasteiger partial charge in [-0.25, -0.2) is 4.90 Å². The highest BCUT2D eigenvalue weighted by Gasteiger charge is 2.66. The van der Waals surface area contributed by atoms with Crippen LogP contribution in [0, 0.1) is 11.8 Å². The molecule has 2 amide bonds. The lowest BCUT2D eigenvalue weighted by molar-refractivity contribution is -0.123. The van der Waals surface area contributed by atoms with E-state index in [1.165, 1.54) is 16.0 Å². The van der Waals surface area contributed by atoms with E-state index >= 15 is 0 Å². The van der Waals surface area contributed by atoms with Crippen LogP contribution in [-0.4, -0.2) is 18.6 Å². The first-order valence-electron chi connectivity index (χ1n) is 10.6. The molecule has 2 atom stereocenters. The molecule has 0 radical (unpaired) electrons. The average molecular weight is 409 g/mol. The van der Waals surface area contributed by atoms with Crippen molar-refractivity contribution >= 4 is 17.5 Å². The highest BCUT2D eigenvalue weighted by molar-refractivity contribution is 6.23. The third kappa shape index (κ3) is 1.88. The number of imide groups is 1. The van der Waals surface area contributed by atoms with Crippen LogP contribution in [0.2, 0.25) is 0 Å². The van der Waals surface area contributed by atoms with Crippen LogP contribution in [0.3, 0.4) is 0 Å². The predicted octanol–water partition coefficient (Wildman–Crippen LogP) is 3.99. The number of benzene rings is 3. The fourth-order valence-electron chi connectivity index (χ4n) is 6.43. The minimum absolute atomic E-state index is 0.116. The van der Waals surface area contributed by atoms with Crippen molar-refractivity contribution in [2.45, 2.75) is 18.3 Å². The highest BCUT2D eigenvalue weighted by Crippen LogP contribution is 2.64. The van der Waals surface area contributed by atoms with Crippen molar-refractivity contribution in [2.24, 2.45) is 11.8 Å². The molecule has 0 unspecified atom stereocenters. The summed E-state index contributed by atoms with van der Waals surface area (Å²) in [6.45, 7) is 2.28. The molecule has 0 N–H and O–H groups in total. The Labute approximate surface area is 179 Å². The smallest absolute Gasteiger partial charge is 0.238 e. The minimum atomic E-state index is -0.551. The fourth-order valence-corrected chi connectivity index (χ4v) is 6.43. The summed E-state index contributed by atoms with van der Waals surface area (Å²) in [5.41, 5.74) is 4.65. The molecule has 0 spiro atoms. The van der Waals surface area contributed by atoms with E-state index in [4.69, 9.17) is 9.47 Å². The summed E-state index contributed by atoms with van der Waals surface area (Å²) >= 11 is 0. The van der Waals surface area contributed by atoms with Gasteiger partial charge in [0.25, 0.3) is 0 Å². The van der Waals surface area contributed by atoms with E-state index in [0.29, 0.717) is 17.2 Å². The Balaban J connectivity index is 1.45. The first-order chi connectivity index (χ1) is 15.1. The molecule has 3 aliphatic carbocycles. The molecule has 1 fully saturated rings. The number of amides is 2. The van der Waals surface area contributed by atoms with Gasteiger partial charge in [-0.3, -0.25) is 9.59 Å². The molecule has 5 heteroatoms. The standard InChI is InChI=1S/C26H19NO4/c1-26-17-8-4-2-6-15(17)21(16-7-3-5-9-18(16)26)22-23(26)25(29)27(24(22)28)14-10-11-19-20(12-14)31-13-30-19/h2-12,21-23H,13H2,1H3/t21?,22-,23-,26?/m0/s1. The topological polar surface area (TPSA) is 55.8 Å². The van der Waals surface area contributed by atoms with Crippen molar-refractivity contribution in [2.75, 3.05) is 11.7 Å². The normalized spacial score (nSPS) is 29.1. The summed E-state index contributed by atoms with van der Waals surface area (Å²) in [7, 11) is 0. The zero-order chi connectivity index (χ0) is 20.9. The molecule has 0 aromatic heterocycles. The van der Waals surface area contributed by atoms with E-state index in [0.717, 1.165) is 11.1 Å². The van der Waals surface area contributed by atoms with Crippen LogP contribution in [0.4, 0.5) is 5.69 Å². The summed E-state index contributed by atoms with van der Waals surface area (Å²) in [4.78, 5) is 29.1. The van der Waals surface area contributed by atoms with Crippen LogP contribution in [0.5, 0.6) is 11.5 Å². The molecular formula is C26H19NO4. The number of hydrogen-bond acceptors (Lipinski definition) is 4. The van der Waals surface area contributed by atoms with Crippen molar-refractivity contribution in [3.63, 3.8) is 0 Å². The molecule has 152 valence electrons. The second-order valence-corrected chi connectivity index (χ2v) is 8.91. The maximum Gasteiger partial charge on any atom is 0.238 e. The van der Waals surface area contributed by atoms with Crippen LogP contribution in [0.15, 0.2) is 66.7 Å². The molecule has 2 heterocycles. The van der Waals surface area contributed by atoms with Gasteiger partial charge < -0.3 is 9.47 Å². The highest BCUT2D eigenvalue weighted by atomic mass is 16.7. The lowest BCUT2D eigenvalue weighted by Gasteiger charge is -2.52. The van der Waals surface area contributed by atoms with E-state index < -0.39 is 17.3 Å². The third-order valence-electron chi connectivity index (χ3n) is 7.66. The molecule has 2 bridgehead atoms. The number of carbonyl (C=O) groups excluding carboxylic acids is 2. The summed E-state index contributed by atoms with van der Waals surface area (Å²) in [6.07, 6.45) is 0. The SMILES string of the molecule is CC12c3ccccc3C(c3ccccc31)[C@@H]1C(=O)N(c3ccc4c(c3)OCO4)C(=O)[C@H]12. The lowest BCUT2D eigenvalue weighted by Crippen LogP contribution is -2.51. The van der Waals surface area contributed by atoms with Crippen LogP contribution in [0.25, 0.3) is 0 Å². The Kier molecular flexibility index (Phi) is 3.06. The van der Waals surface area contributed by atoms with Gasteiger partial charge in [0.15, 0.2) is 11.5 Å². The van der Waals surface area contributed by atoms with Gasteiger partial charge in [0, 0.05) is 17.4 Å². The van der Waals surface area contributed by atoms with E-state index in [-0.39, 0.29) is 24.5 Å². The van der Waals surface area contributed by atoms with Gasteiger partial charge in [-0.2, -0.15) is 0 Å². The predicted molar refractivity (Wildman–Crippen MR) is 113 cm³/mol. The maximum absolute atomic E-state index is 13.9. The second kappa shape index (κ2) is 5.55. The molecule has 31 heavy (non-hydrogen) atoms. The number of hydrogen-bond donors (Lipinski definition) is 0. The zero-order valence-corrected chi connectivity index (χ0v) is 16.9. The molecule has 0 saturated carbocycles. The van der Waals surface area contributed by atoms with Crippen LogP contribution in [-0.2, 0) is 15.0 Å². The Bertz CT molecular complexity index is 1260. The number of rotatable bonds is 1. The molecule has 3 aromatic carbocycles. The van der Waals surface area contributed by atoms with Crippen LogP contribution < -0.4 is 14.4 Å². The number of ether oxygens (including phenoxy) is 2. The number of anilines is 1. The molecule has 5 aliphatic rings. The number of carbonyl (C=O) groups is 2. The van der Waals surface area contributed by atoms with E-state index in [9.17, 15) is 9.59 Å². The quantitative estimate of drug-likeness (QED) is 0.571. The third-order valence-corrected chi connectivity index (χ3v) is 7.66. The summed E-state index contributed by atoms with van der Waals surface area (Å²) < 4.78 is 10.9. The van der Waals surface area contributed by atoms with Crippen LogP contribution in [0.1, 0.15) is 35.1 Å². The molecule has 5 nitrogen and oxygen atoms in total. The fraction of sp³-hybridized carbons (Fsp3) is 0.231. The van der Waals surface area contributed by atoms with Crippen molar-refractivity contribution < 1.29 is 19.1 Å². The Morgan fingerprint density at radius 3 is 2.19 bits per heavy atom. The van der Waals surface area contributed by atoms with Gasteiger partial charge >= 0.3 is 0 Å². The summed E-state index contributed by atoms with van der Waals surface area (Å²) in [6, 6.07) is 21.8. The van der Waals surface area contributed by atoms with E-state index in [1.807, 2.05) is 24.3 Å². The molecular weight excluding hydrogens is 390 g/mol. The first-order valence-corrected chi connectivity index (χ1v) is 10.6. The van der Waals surface area contributed by atoms with Crippen molar-refractivity contribution in [3.05, 3.63) is 89.0 Å². The molecule has 1 saturated heterocycles. The second-order valence-electron chi connectivity index (χ2n) is 8.91. The molecule has 3 aromatic rings. The van der Waals surface area contributed by atoms with Gasteiger partial charge in [0.2, 0.25) is 18.6 Å². The van der Waals surface area contributed by atoms with E-state index in [1.54, 1.807) is 18.2 Å². The van der Waals surface area contributed by atoms with Crippen molar-refractivity contribution in [1.82, 2.24) is 0 Å². The lowest BCUT2D eigenvalue weighted by atomic mass is 9.48. The Hall–Kier alpha value is -3.60. The van der Waals surface area contributed by atoms with Gasteiger partial charge in [0.05, 0.1) is 17.5 Å². The minimum Gasteiger partial charge on any atom is -0.454 e. The number of fused-ring (bicyclic) bond motifs is 1. The largest absolute Gasteiger partial charge is 0.454 e. The van der Waals surface area contributed by atoms with E-state index in [2.05, 4.69) is 31.2 Å². The summed E-state index contributed by atoms with van der Waals surface area (Å²) in [5.74, 6) is -0.0251. The van der Waals surface area contributed by atoms with Gasteiger partial charge in [-0.05, 0) is 34.4 Å². The van der Waals surface area contributed by atoms with Crippen molar-refractivity contribution in [1.29, 1.82) is 0 Å². The van der Waals surface area contributed by atoms with Crippen LogP contribution >= 0.6 is 0 Å². The van der Waals surface area contributed by atoms with Gasteiger partial charge in [0.1, 0.15) is 0 Å². The first kappa shape index (κ1) is 17.1. The van der Waals surface area contributed by atoms with Gasteiger partial charge in [-0.1, -0.05) is 55.5 Å². The monoisotopic (exact) mass is 409 g/mol. The average Bonchev–Trinajstić information content (AvgIpc) is 3.37. The Morgan fingerprint density at radius 2 is 1.48 bits per heavy atom.